The first-order chi connectivity index (χ1) is 9.29. The summed E-state index contributed by atoms with van der Waals surface area (Å²) in [4.78, 5) is 0. The number of rotatable bonds is 9. The predicted octanol–water partition coefficient (Wildman–Crippen LogP) is 1.21. The second-order valence-corrected chi connectivity index (χ2v) is 3.79. The van der Waals surface area contributed by atoms with Crippen LogP contribution in [0.1, 0.15) is 12.0 Å². The van der Waals surface area contributed by atoms with Crippen LogP contribution >= 0.6 is 0 Å². The minimum Gasteiger partial charge on any atom is -0.490 e. The molecule has 0 spiro atoms. The van der Waals surface area contributed by atoms with Crippen LogP contribution in [0.5, 0.6) is 5.75 Å². The van der Waals surface area contributed by atoms with E-state index in [2.05, 4.69) is 5.16 Å². The third-order valence-electron chi connectivity index (χ3n) is 2.39. The summed E-state index contributed by atoms with van der Waals surface area (Å²) in [5.41, 5.74) is 6.11. The minimum absolute atomic E-state index is 0.0246. The number of methoxy groups -OCH3 is 1. The van der Waals surface area contributed by atoms with Crippen molar-refractivity contribution in [2.75, 3.05) is 33.5 Å². The lowest BCUT2D eigenvalue weighted by atomic mass is 10.2. The van der Waals surface area contributed by atoms with Gasteiger partial charge in [-0.3, -0.25) is 0 Å². The number of benzene rings is 1. The van der Waals surface area contributed by atoms with Crippen LogP contribution in [0.3, 0.4) is 0 Å². The molecule has 0 heterocycles. The number of oxime groups is 1. The first-order valence-corrected chi connectivity index (χ1v) is 6.06. The fourth-order valence-corrected chi connectivity index (χ4v) is 1.48. The van der Waals surface area contributed by atoms with Gasteiger partial charge in [0.2, 0.25) is 0 Å². The van der Waals surface area contributed by atoms with Crippen molar-refractivity contribution in [2.24, 2.45) is 10.9 Å². The third-order valence-corrected chi connectivity index (χ3v) is 2.39. The van der Waals surface area contributed by atoms with Gasteiger partial charge in [0.15, 0.2) is 5.84 Å². The van der Waals surface area contributed by atoms with Gasteiger partial charge >= 0.3 is 0 Å². The van der Waals surface area contributed by atoms with E-state index in [1.165, 1.54) is 0 Å². The van der Waals surface area contributed by atoms with Crippen LogP contribution in [-0.4, -0.2) is 44.6 Å². The molecule has 0 aliphatic rings. The quantitative estimate of drug-likeness (QED) is 0.231. The number of nitrogens with zero attached hydrogens (tertiary/aromatic N) is 1. The van der Waals surface area contributed by atoms with Gasteiger partial charge in [0.25, 0.3) is 0 Å². The van der Waals surface area contributed by atoms with E-state index in [4.69, 9.17) is 25.2 Å². The second-order valence-electron chi connectivity index (χ2n) is 3.79. The van der Waals surface area contributed by atoms with Crippen molar-refractivity contribution in [3.8, 4) is 5.75 Å². The maximum Gasteiger partial charge on any atom is 0.173 e. The van der Waals surface area contributed by atoms with Gasteiger partial charge in [0, 0.05) is 20.3 Å². The van der Waals surface area contributed by atoms with Crippen molar-refractivity contribution in [3.63, 3.8) is 0 Å². The summed E-state index contributed by atoms with van der Waals surface area (Å²) in [6.07, 6.45) is 0.858. The maximum atomic E-state index is 8.68. The number of para-hydroxylation sites is 1. The Kier molecular flexibility index (Phi) is 7.38. The van der Waals surface area contributed by atoms with Crippen molar-refractivity contribution in [2.45, 2.75) is 6.42 Å². The van der Waals surface area contributed by atoms with E-state index in [9.17, 15) is 0 Å². The molecule has 0 unspecified atom stereocenters. The Morgan fingerprint density at radius 2 is 2.00 bits per heavy atom. The van der Waals surface area contributed by atoms with Gasteiger partial charge in [-0.2, -0.15) is 0 Å². The van der Waals surface area contributed by atoms with Crippen LogP contribution < -0.4 is 10.5 Å². The summed E-state index contributed by atoms with van der Waals surface area (Å²) in [6, 6.07) is 7.10. The number of amidine groups is 1. The van der Waals surface area contributed by atoms with Crippen LogP contribution in [0, 0.1) is 0 Å². The first kappa shape index (κ1) is 15.3. The Labute approximate surface area is 112 Å². The number of hydrogen-bond acceptors (Lipinski definition) is 5. The highest BCUT2D eigenvalue weighted by Gasteiger charge is 2.06. The maximum absolute atomic E-state index is 8.68. The van der Waals surface area contributed by atoms with Crippen LogP contribution in [0.15, 0.2) is 29.4 Å². The molecule has 0 aromatic heterocycles. The van der Waals surface area contributed by atoms with Crippen molar-refractivity contribution in [1.29, 1.82) is 0 Å². The average Bonchev–Trinajstić information content (AvgIpc) is 2.46. The third kappa shape index (κ3) is 5.58. The molecular formula is C13H20N2O4. The average molecular weight is 268 g/mol. The Morgan fingerprint density at radius 1 is 1.21 bits per heavy atom. The molecule has 3 N–H and O–H groups in total. The van der Waals surface area contributed by atoms with E-state index in [0.717, 1.165) is 6.42 Å². The fourth-order valence-electron chi connectivity index (χ4n) is 1.48. The highest BCUT2D eigenvalue weighted by Crippen LogP contribution is 2.17. The number of ether oxygens (including phenoxy) is 3. The molecule has 6 heteroatoms. The predicted molar refractivity (Wildman–Crippen MR) is 71.8 cm³/mol. The van der Waals surface area contributed by atoms with E-state index < -0.39 is 0 Å². The van der Waals surface area contributed by atoms with Gasteiger partial charge in [0.1, 0.15) is 12.4 Å². The molecule has 0 atom stereocenters. The summed E-state index contributed by atoms with van der Waals surface area (Å²) < 4.78 is 15.8. The summed E-state index contributed by atoms with van der Waals surface area (Å²) in [5.74, 6) is 0.593. The molecule has 0 amide bonds. The zero-order valence-corrected chi connectivity index (χ0v) is 11.0. The largest absolute Gasteiger partial charge is 0.490 e. The molecule has 0 fully saturated rings. The standard InChI is InChI=1S/C13H20N2O4/c1-17-7-4-8-18-9-10-19-12-6-3-2-5-11(12)13(14)15-16/h2-3,5-6,16H,4,7-10H2,1H3,(H2,14,15). The van der Waals surface area contributed by atoms with Gasteiger partial charge in [-0.1, -0.05) is 17.3 Å². The molecule has 0 radical (unpaired) electrons. The highest BCUT2D eigenvalue weighted by atomic mass is 16.5. The van der Waals surface area contributed by atoms with Crippen LogP contribution in [0.25, 0.3) is 0 Å². The van der Waals surface area contributed by atoms with Gasteiger partial charge in [-0.05, 0) is 18.6 Å². The zero-order valence-electron chi connectivity index (χ0n) is 11.0. The van der Waals surface area contributed by atoms with Gasteiger partial charge in [0.05, 0.1) is 12.2 Å². The molecule has 0 bridgehead atoms. The first-order valence-electron chi connectivity index (χ1n) is 6.06. The van der Waals surface area contributed by atoms with Crippen molar-refractivity contribution < 1.29 is 19.4 Å². The molecular weight excluding hydrogens is 248 g/mol. The fraction of sp³-hybridized carbons (Fsp3) is 0.462. The SMILES string of the molecule is COCCCOCCOc1ccccc1/C(N)=N/O. The molecule has 0 aliphatic carbocycles. The summed E-state index contributed by atoms with van der Waals surface area (Å²) in [6.45, 7) is 2.21. The number of nitrogens with two attached hydrogens (primary N) is 1. The minimum atomic E-state index is 0.0246. The lowest BCUT2D eigenvalue weighted by Crippen LogP contribution is -2.16. The topological polar surface area (TPSA) is 86.3 Å². The summed E-state index contributed by atoms with van der Waals surface area (Å²) in [7, 11) is 1.66. The van der Waals surface area contributed by atoms with Gasteiger partial charge in [-0.15, -0.1) is 0 Å². The second kappa shape index (κ2) is 9.18. The van der Waals surface area contributed by atoms with E-state index in [1.54, 1.807) is 25.3 Å². The molecule has 6 nitrogen and oxygen atoms in total. The van der Waals surface area contributed by atoms with Crippen LogP contribution in [0.2, 0.25) is 0 Å². The smallest absolute Gasteiger partial charge is 0.173 e. The molecule has 1 rings (SSSR count). The number of hydrogen-bond donors (Lipinski definition) is 2. The Morgan fingerprint density at radius 3 is 2.74 bits per heavy atom. The van der Waals surface area contributed by atoms with Gasteiger partial charge in [-0.25, -0.2) is 0 Å². The Balaban J connectivity index is 2.33. The van der Waals surface area contributed by atoms with Crippen molar-refractivity contribution in [1.82, 2.24) is 0 Å². The summed E-state index contributed by atoms with van der Waals surface area (Å²) in [5, 5.41) is 11.6. The zero-order chi connectivity index (χ0) is 13.9. The van der Waals surface area contributed by atoms with E-state index in [0.29, 0.717) is 37.7 Å². The Bertz CT molecular complexity index is 396. The van der Waals surface area contributed by atoms with Crippen LogP contribution in [-0.2, 0) is 9.47 Å². The van der Waals surface area contributed by atoms with E-state index in [-0.39, 0.29) is 5.84 Å². The normalized spacial score (nSPS) is 11.5. The molecule has 0 saturated carbocycles. The van der Waals surface area contributed by atoms with E-state index in [1.807, 2.05) is 6.07 Å². The van der Waals surface area contributed by atoms with Crippen molar-refractivity contribution in [3.05, 3.63) is 29.8 Å². The molecule has 106 valence electrons. The molecule has 19 heavy (non-hydrogen) atoms. The lowest BCUT2D eigenvalue weighted by molar-refractivity contribution is 0.0806. The molecule has 0 aliphatic heterocycles. The molecule has 0 saturated heterocycles. The molecule has 1 aromatic rings. The van der Waals surface area contributed by atoms with Crippen LogP contribution in [0.4, 0.5) is 0 Å². The van der Waals surface area contributed by atoms with Crippen molar-refractivity contribution >= 4 is 5.84 Å². The molecule has 1 aromatic carbocycles. The Hall–Kier alpha value is -1.79. The lowest BCUT2D eigenvalue weighted by Gasteiger charge is -2.10. The monoisotopic (exact) mass is 268 g/mol. The highest BCUT2D eigenvalue weighted by molar-refractivity contribution is 5.99. The van der Waals surface area contributed by atoms with E-state index >= 15 is 0 Å². The summed E-state index contributed by atoms with van der Waals surface area (Å²) >= 11 is 0. The van der Waals surface area contributed by atoms with Gasteiger partial charge < -0.3 is 25.2 Å².